The molecule has 0 saturated heterocycles. The number of nitriles is 1. The van der Waals surface area contributed by atoms with Crippen LogP contribution in [-0.4, -0.2) is 12.5 Å². The maximum absolute atomic E-state index is 12.6. The first-order valence-corrected chi connectivity index (χ1v) is 8.78. The molecule has 0 bridgehead atoms. The minimum atomic E-state index is 0.143. The van der Waals surface area contributed by atoms with Crippen molar-refractivity contribution in [2.75, 3.05) is 6.54 Å². The Morgan fingerprint density at radius 1 is 1.35 bits per heavy atom. The number of hydrogen-bond donors (Lipinski definition) is 1. The van der Waals surface area contributed by atoms with E-state index in [4.69, 9.17) is 5.26 Å². The number of hydrogen-bond acceptors (Lipinski definition) is 2. The van der Waals surface area contributed by atoms with Gasteiger partial charge >= 0.3 is 0 Å². The number of amides is 1. The van der Waals surface area contributed by atoms with Gasteiger partial charge < -0.3 is 5.32 Å². The Morgan fingerprint density at radius 3 is 2.78 bits per heavy atom. The highest BCUT2D eigenvalue weighted by Crippen LogP contribution is 2.38. The van der Waals surface area contributed by atoms with E-state index in [0.717, 1.165) is 18.4 Å². The van der Waals surface area contributed by atoms with E-state index in [1.54, 1.807) is 0 Å². The molecule has 1 saturated carbocycles. The molecule has 124 valence electrons. The van der Waals surface area contributed by atoms with E-state index in [0.29, 0.717) is 36.3 Å². The molecule has 1 aromatic rings. The molecule has 0 aliphatic heterocycles. The highest BCUT2D eigenvalue weighted by Gasteiger charge is 2.35. The van der Waals surface area contributed by atoms with Gasteiger partial charge in [-0.2, -0.15) is 5.26 Å². The highest BCUT2D eigenvalue weighted by atomic mass is 16.1. The lowest BCUT2D eigenvalue weighted by Crippen LogP contribution is -2.40. The number of nitrogens with one attached hydrogen (secondary N) is 1. The quantitative estimate of drug-likeness (QED) is 0.895. The van der Waals surface area contributed by atoms with Crippen molar-refractivity contribution in [3.63, 3.8) is 0 Å². The van der Waals surface area contributed by atoms with Crippen LogP contribution < -0.4 is 5.32 Å². The van der Waals surface area contributed by atoms with E-state index < -0.39 is 0 Å². The van der Waals surface area contributed by atoms with Gasteiger partial charge in [-0.25, -0.2) is 0 Å². The van der Waals surface area contributed by atoms with E-state index >= 15 is 0 Å². The molecule has 1 aliphatic carbocycles. The van der Waals surface area contributed by atoms with Gasteiger partial charge in [-0.3, -0.25) is 4.79 Å². The first kappa shape index (κ1) is 17.5. The maximum atomic E-state index is 12.6. The molecule has 1 N–H and O–H groups in total. The van der Waals surface area contributed by atoms with Gasteiger partial charge in [0.25, 0.3) is 0 Å². The van der Waals surface area contributed by atoms with Crippen LogP contribution in [0.25, 0.3) is 0 Å². The van der Waals surface area contributed by atoms with Crippen LogP contribution in [0.2, 0.25) is 0 Å². The minimum absolute atomic E-state index is 0.143. The lowest BCUT2D eigenvalue weighted by Gasteiger charge is -2.36. The fourth-order valence-electron chi connectivity index (χ4n) is 3.80. The molecule has 0 heterocycles. The van der Waals surface area contributed by atoms with Crippen LogP contribution in [0, 0.1) is 35.0 Å². The highest BCUT2D eigenvalue weighted by molar-refractivity contribution is 5.79. The standard InChI is InChI=1S/C20H28N2O/c1-14(2)18-9-8-15(3)12-19(18)20(23)22-11-10-16-6-4-5-7-17(16)13-21/h4-7,14-15,18-19H,8-12H2,1-3H3,(H,22,23)/t15?,18-,19?/m0/s1. The normalized spacial score (nSPS) is 24.2. The molecular formula is C20H28N2O. The summed E-state index contributed by atoms with van der Waals surface area (Å²) < 4.78 is 0. The van der Waals surface area contributed by atoms with Crippen molar-refractivity contribution in [3.05, 3.63) is 35.4 Å². The number of benzene rings is 1. The van der Waals surface area contributed by atoms with Crippen molar-refractivity contribution in [3.8, 4) is 6.07 Å². The first-order chi connectivity index (χ1) is 11.0. The summed E-state index contributed by atoms with van der Waals surface area (Å²) in [4.78, 5) is 12.6. The Hall–Kier alpha value is -1.82. The van der Waals surface area contributed by atoms with Crippen molar-refractivity contribution >= 4 is 5.91 Å². The van der Waals surface area contributed by atoms with Crippen LogP contribution in [-0.2, 0) is 11.2 Å². The third-order valence-electron chi connectivity index (χ3n) is 5.19. The largest absolute Gasteiger partial charge is 0.356 e. The molecule has 1 aliphatic rings. The summed E-state index contributed by atoms with van der Waals surface area (Å²) in [5, 5.41) is 12.2. The van der Waals surface area contributed by atoms with Gasteiger partial charge in [0.2, 0.25) is 5.91 Å². The van der Waals surface area contributed by atoms with Crippen LogP contribution in [0.1, 0.15) is 51.2 Å². The van der Waals surface area contributed by atoms with Gasteiger partial charge in [-0.15, -0.1) is 0 Å². The summed E-state index contributed by atoms with van der Waals surface area (Å²) in [6.45, 7) is 7.31. The first-order valence-electron chi connectivity index (χ1n) is 8.78. The monoisotopic (exact) mass is 312 g/mol. The SMILES string of the molecule is CC1CC[C@@H](C(C)C)C(C(=O)NCCc2ccccc2C#N)C1. The number of carbonyl (C=O) groups is 1. The van der Waals surface area contributed by atoms with Crippen LogP contribution in [0.4, 0.5) is 0 Å². The summed E-state index contributed by atoms with van der Waals surface area (Å²) in [5.74, 6) is 2.03. The van der Waals surface area contributed by atoms with Crippen molar-refractivity contribution in [2.24, 2.45) is 23.7 Å². The van der Waals surface area contributed by atoms with E-state index in [1.165, 1.54) is 6.42 Å². The zero-order valence-corrected chi connectivity index (χ0v) is 14.5. The molecule has 23 heavy (non-hydrogen) atoms. The molecule has 2 unspecified atom stereocenters. The zero-order chi connectivity index (χ0) is 16.8. The third kappa shape index (κ3) is 4.58. The molecule has 1 fully saturated rings. The van der Waals surface area contributed by atoms with Crippen molar-refractivity contribution in [2.45, 2.75) is 46.5 Å². The average molecular weight is 312 g/mol. The summed E-state index contributed by atoms with van der Waals surface area (Å²) in [7, 11) is 0. The van der Waals surface area contributed by atoms with Gasteiger partial charge in [0.15, 0.2) is 0 Å². The summed E-state index contributed by atoms with van der Waals surface area (Å²) in [6, 6.07) is 9.82. The van der Waals surface area contributed by atoms with Crippen LogP contribution in [0.3, 0.4) is 0 Å². The Bertz CT molecular complexity index is 573. The van der Waals surface area contributed by atoms with E-state index in [-0.39, 0.29) is 11.8 Å². The predicted molar refractivity (Wildman–Crippen MR) is 92.7 cm³/mol. The molecule has 0 spiro atoms. The fourth-order valence-corrected chi connectivity index (χ4v) is 3.80. The molecule has 0 radical (unpaired) electrons. The lowest BCUT2D eigenvalue weighted by molar-refractivity contribution is -0.129. The maximum Gasteiger partial charge on any atom is 0.223 e. The molecule has 1 amide bonds. The summed E-state index contributed by atoms with van der Waals surface area (Å²) in [5.41, 5.74) is 1.71. The Labute approximate surface area is 140 Å². The van der Waals surface area contributed by atoms with E-state index in [9.17, 15) is 4.79 Å². The molecular weight excluding hydrogens is 284 g/mol. The molecule has 3 atom stereocenters. The predicted octanol–water partition coefficient (Wildman–Crippen LogP) is 3.93. The zero-order valence-electron chi connectivity index (χ0n) is 14.5. The molecule has 2 rings (SSSR count). The van der Waals surface area contributed by atoms with E-state index in [1.807, 2.05) is 24.3 Å². The lowest BCUT2D eigenvalue weighted by atomic mass is 9.70. The third-order valence-corrected chi connectivity index (χ3v) is 5.19. The van der Waals surface area contributed by atoms with Gasteiger partial charge in [-0.1, -0.05) is 45.4 Å². The smallest absolute Gasteiger partial charge is 0.223 e. The average Bonchev–Trinajstić information content (AvgIpc) is 2.54. The van der Waals surface area contributed by atoms with Crippen molar-refractivity contribution in [1.29, 1.82) is 5.26 Å². The molecule has 0 aromatic heterocycles. The second-order valence-electron chi connectivity index (χ2n) is 7.24. The van der Waals surface area contributed by atoms with Crippen molar-refractivity contribution in [1.82, 2.24) is 5.32 Å². The van der Waals surface area contributed by atoms with E-state index in [2.05, 4.69) is 32.2 Å². The second kappa shape index (κ2) is 8.15. The fraction of sp³-hybridized carbons (Fsp3) is 0.600. The second-order valence-corrected chi connectivity index (χ2v) is 7.24. The van der Waals surface area contributed by atoms with Gasteiger partial charge in [-0.05, 0) is 48.6 Å². The Kier molecular flexibility index (Phi) is 6.21. The summed E-state index contributed by atoms with van der Waals surface area (Å²) in [6.07, 6.45) is 4.11. The molecule has 3 heteroatoms. The Morgan fingerprint density at radius 2 is 2.09 bits per heavy atom. The number of rotatable bonds is 5. The van der Waals surface area contributed by atoms with Crippen LogP contribution in [0.5, 0.6) is 0 Å². The van der Waals surface area contributed by atoms with Gasteiger partial charge in [0, 0.05) is 12.5 Å². The molecule has 1 aromatic carbocycles. The minimum Gasteiger partial charge on any atom is -0.356 e. The summed E-state index contributed by atoms with van der Waals surface area (Å²) >= 11 is 0. The van der Waals surface area contributed by atoms with Crippen LogP contribution >= 0.6 is 0 Å². The molecule has 3 nitrogen and oxygen atoms in total. The van der Waals surface area contributed by atoms with Gasteiger partial charge in [0.05, 0.1) is 11.6 Å². The number of carbonyl (C=O) groups excluding carboxylic acids is 1. The topological polar surface area (TPSA) is 52.9 Å². The van der Waals surface area contributed by atoms with Crippen LogP contribution in [0.15, 0.2) is 24.3 Å². The Balaban J connectivity index is 1.92. The van der Waals surface area contributed by atoms with Gasteiger partial charge in [0.1, 0.15) is 0 Å². The van der Waals surface area contributed by atoms with Crippen molar-refractivity contribution < 1.29 is 4.79 Å². The number of nitrogens with zero attached hydrogens (tertiary/aromatic N) is 1.